The molecule has 1 saturated heterocycles. The summed E-state index contributed by atoms with van der Waals surface area (Å²) in [5, 5.41) is 0. The van der Waals surface area contributed by atoms with Crippen LogP contribution in [0, 0.1) is 11.8 Å². The average Bonchev–Trinajstić information content (AvgIpc) is 2.18. The first kappa shape index (κ1) is 13.0. The largest absolute Gasteiger partial charge is 0.328 e. The Morgan fingerprint density at radius 2 is 1.67 bits per heavy atom. The fraction of sp³-hybridized carbons (Fsp3) is 1.00. The molecule has 1 aliphatic heterocycles. The standard InChI is InChI=1S/C14H30N/c1-5-14-10-8-12-15(3,4)11-7-6-9-13(14)2/h13-14H,5-12H2,1-4H3/q+1. The second-order valence-electron chi connectivity index (χ2n) is 6.17. The highest BCUT2D eigenvalue weighted by molar-refractivity contribution is 4.66. The van der Waals surface area contributed by atoms with E-state index in [4.69, 9.17) is 0 Å². The van der Waals surface area contributed by atoms with Crippen molar-refractivity contribution in [2.75, 3.05) is 27.2 Å². The summed E-state index contributed by atoms with van der Waals surface area (Å²) < 4.78 is 1.24. The zero-order valence-electron chi connectivity index (χ0n) is 11.3. The molecular weight excluding hydrogens is 182 g/mol. The zero-order chi connectivity index (χ0) is 11.3. The van der Waals surface area contributed by atoms with Crippen LogP contribution in [0.25, 0.3) is 0 Å². The van der Waals surface area contributed by atoms with Crippen molar-refractivity contribution in [3.05, 3.63) is 0 Å². The molecule has 0 aromatic heterocycles. The van der Waals surface area contributed by atoms with Gasteiger partial charge < -0.3 is 4.48 Å². The van der Waals surface area contributed by atoms with Crippen LogP contribution in [0.5, 0.6) is 0 Å². The molecule has 0 bridgehead atoms. The van der Waals surface area contributed by atoms with E-state index in [2.05, 4.69) is 27.9 Å². The molecule has 0 aliphatic carbocycles. The SMILES string of the molecule is CCC1CCC[N+](C)(C)CCCCC1C. The first-order valence-electron chi connectivity index (χ1n) is 6.87. The molecule has 90 valence electrons. The summed E-state index contributed by atoms with van der Waals surface area (Å²) in [6, 6.07) is 0. The minimum Gasteiger partial charge on any atom is -0.328 e. The minimum absolute atomic E-state index is 0.962. The lowest BCUT2D eigenvalue weighted by Crippen LogP contribution is -2.41. The predicted octanol–water partition coefficient (Wildman–Crippen LogP) is 3.69. The smallest absolute Gasteiger partial charge is 0.0782 e. The number of rotatable bonds is 1. The van der Waals surface area contributed by atoms with E-state index in [9.17, 15) is 0 Å². The first-order chi connectivity index (χ1) is 7.05. The van der Waals surface area contributed by atoms with E-state index in [1.54, 1.807) is 0 Å². The summed E-state index contributed by atoms with van der Waals surface area (Å²) in [7, 11) is 4.79. The van der Waals surface area contributed by atoms with Gasteiger partial charge in [0.1, 0.15) is 0 Å². The molecule has 1 fully saturated rings. The molecule has 0 aromatic rings. The fourth-order valence-electron chi connectivity index (χ4n) is 3.03. The Morgan fingerprint density at radius 3 is 2.33 bits per heavy atom. The minimum atomic E-state index is 0.962. The highest BCUT2D eigenvalue weighted by atomic mass is 15.3. The van der Waals surface area contributed by atoms with Crippen LogP contribution < -0.4 is 0 Å². The molecule has 0 spiro atoms. The molecule has 1 heteroatoms. The van der Waals surface area contributed by atoms with Crippen LogP contribution >= 0.6 is 0 Å². The highest BCUT2D eigenvalue weighted by Gasteiger charge is 2.21. The molecular formula is C14H30N+. The molecule has 0 radical (unpaired) electrons. The van der Waals surface area contributed by atoms with Gasteiger partial charge in [0.25, 0.3) is 0 Å². The maximum absolute atomic E-state index is 2.47. The third kappa shape index (κ3) is 4.55. The lowest BCUT2D eigenvalue weighted by atomic mass is 9.83. The second kappa shape index (κ2) is 5.89. The second-order valence-corrected chi connectivity index (χ2v) is 6.17. The van der Waals surface area contributed by atoms with Gasteiger partial charge in [-0.2, -0.15) is 0 Å². The van der Waals surface area contributed by atoms with Crippen molar-refractivity contribution in [3.63, 3.8) is 0 Å². The van der Waals surface area contributed by atoms with E-state index in [1.807, 2.05) is 0 Å². The van der Waals surface area contributed by atoms with Crippen LogP contribution in [-0.4, -0.2) is 31.7 Å². The van der Waals surface area contributed by atoms with Crippen molar-refractivity contribution in [2.45, 2.75) is 52.4 Å². The van der Waals surface area contributed by atoms with Crippen molar-refractivity contribution in [3.8, 4) is 0 Å². The quantitative estimate of drug-likeness (QED) is 0.582. The number of nitrogens with zero attached hydrogens (tertiary/aromatic N) is 1. The van der Waals surface area contributed by atoms with Gasteiger partial charge in [0, 0.05) is 0 Å². The van der Waals surface area contributed by atoms with E-state index >= 15 is 0 Å². The van der Waals surface area contributed by atoms with Gasteiger partial charge in [-0.25, -0.2) is 0 Å². The van der Waals surface area contributed by atoms with Crippen LogP contribution in [0.3, 0.4) is 0 Å². The first-order valence-corrected chi connectivity index (χ1v) is 6.87. The predicted molar refractivity (Wildman–Crippen MR) is 67.9 cm³/mol. The fourth-order valence-corrected chi connectivity index (χ4v) is 3.03. The van der Waals surface area contributed by atoms with E-state index in [0.717, 1.165) is 11.8 Å². The Bertz CT molecular complexity index is 174. The molecule has 0 aromatic carbocycles. The molecule has 0 amide bonds. The molecule has 1 rings (SSSR count). The molecule has 15 heavy (non-hydrogen) atoms. The van der Waals surface area contributed by atoms with Crippen LogP contribution in [0.2, 0.25) is 0 Å². The van der Waals surface area contributed by atoms with Crippen molar-refractivity contribution in [2.24, 2.45) is 11.8 Å². The summed E-state index contributed by atoms with van der Waals surface area (Å²) in [6.07, 6.45) is 8.59. The van der Waals surface area contributed by atoms with E-state index in [1.165, 1.54) is 56.1 Å². The Kier molecular flexibility index (Phi) is 5.11. The normalized spacial score (nSPS) is 33.6. The molecule has 1 aliphatic rings. The summed E-state index contributed by atoms with van der Waals surface area (Å²) in [6.45, 7) is 7.59. The maximum atomic E-state index is 2.47. The van der Waals surface area contributed by atoms with E-state index in [-0.39, 0.29) is 0 Å². The zero-order valence-corrected chi connectivity index (χ0v) is 11.3. The van der Waals surface area contributed by atoms with E-state index < -0.39 is 0 Å². The van der Waals surface area contributed by atoms with Gasteiger partial charge in [0.05, 0.1) is 27.2 Å². The monoisotopic (exact) mass is 212 g/mol. The Labute approximate surface area is 96.4 Å². The number of hydrogen-bond donors (Lipinski definition) is 0. The van der Waals surface area contributed by atoms with Gasteiger partial charge in [-0.15, -0.1) is 0 Å². The summed E-state index contributed by atoms with van der Waals surface area (Å²) in [5.74, 6) is 1.95. The Hall–Kier alpha value is -0.0400. The summed E-state index contributed by atoms with van der Waals surface area (Å²) >= 11 is 0. The third-order valence-corrected chi connectivity index (χ3v) is 4.34. The molecule has 2 unspecified atom stereocenters. The molecule has 2 atom stereocenters. The molecule has 0 N–H and O–H groups in total. The maximum Gasteiger partial charge on any atom is 0.0782 e. The van der Waals surface area contributed by atoms with Crippen molar-refractivity contribution in [1.29, 1.82) is 0 Å². The summed E-state index contributed by atoms with van der Waals surface area (Å²) in [5.41, 5.74) is 0. The van der Waals surface area contributed by atoms with E-state index in [0.29, 0.717) is 0 Å². The average molecular weight is 212 g/mol. The van der Waals surface area contributed by atoms with Crippen molar-refractivity contribution in [1.82, 2.24) is 0 Å². The Balaban J connectivity index is 2.48. The topological polar surface area (TPSA) is 0 Å². The van der Waals surface area contributed by atoms with Gasteiger partial charge in [0.2, 0.25) is 0 Å². The van der Waals surface area contributed by atoms with Crippen LogP contribution in [0.4, 0.5) is 0 Å². The van der Waals surface area contributed by atoms with Gasteiger partial charge in [-0.3, -0.25) is 0 Å². The number of quaternary nitrogens is 1. The van der Waals surface area contributed by atoms with Gasteiger partial charge >= 0.3 is 0 Å². The van der Waals surface area contributed by atoms with Crippen LogP contribution in [0.15, 0.2) is 0 Å². The number of hydrogen-bond acceptors (Lipinski definition) is 0. The molecule has 1 nitrogen and oxygen atoms in total. The third-order valence-electron chi connectivity index (χ3n) is 4.34. The Morgan fingerprint density at radius 1 is 1.00 bits per heavy atom. The van der Waals surface area contributed by atoms with Crippen LogP contribution in [0.1, 0.15) is 52.4 Å². The van der Waals surface area contributed by atoms with Crippen molar-refractivity contribution < 1.29 is 4.48 Å². The lowest BCUT2D eigenvalue weighted by Gasteiger charge is -2.33. The van der Waals surface area contributed by atoms with Crippen molar-refractivity contribution >= 4 is 0 Å². The lowest BCUT2D eigenvalue weighted by molar-refractivity contribution is -0.890. The van der Waals surface area contributed by atoms with Gasteiger partial charge in [-0.05, 0) is 37.5 Å². The summed E-state index contributed by atoms with van der Waals surface area (Å²) in [4.78, 5) is 0. The van der Waals surface area contributed by atoms with Crippen LogP contribution in [-0.2, 0) is 0 Å². The van der Waals surface area contributed by atoms with Gasteiger partial charge in [-0.1, -0.05) is 26.7 Å². The van der Waals surface area contributed by atoms with Gasteiger partial charge in [0.15, 0.2) is 0 Å². The molecule has 1 heterocycles. The highest BCUT2D eigenvalue weighted by Crippen LogP contribution is 2.27. The molecule has 0 saturated carbocycles.